The average Bonchev–Trinajstić information content (AvgIpc) is 1.97. The van der Waals surface area contributed by atoms with Crippen molar-refractivity contribution in [3.05, 3.63) is 0 Å². The summed E-state index contributed by atoms with van der Waals surface area (Å²) in [4.78, 5) is 11.4. The van der Waals surface area contributed by atoms with E-state index in [1.165, 1.54) is 0 Å². The maximum absolute atomic E-state index is 11.4. The van der Waals surface area contributed by atoms with Gasteiger partial charge in [-0.05, 0) is 19.8 Å². The second-order valence-electron chi connectivity index (χ2n) is 5.82. The first-order chi connectivity index (χ1) is 6.56. The van der Waals surface area contributed by atoms with Crippen LogP contribution >= 0.6 is 0 Å². The normalized spacial score (nSPS) is 12.8. The van der Waals surface area contributed by atoms with Gasteiger partial charge in [-0.1, -0.05) is 34.6 Å². The van der Waals surface area contributed by atoms with E-state index in [2.05, 4.69) is 0 Å². The van der Waals surface area contributed by atoms with Crippen molar-refractivity contribution in [3.8, 4) is 0 Å². The molecule has 0 saturated heterocycles. The summed E-state index contributed by atoms with van der Waals surface area (Å²) in [6, 6.07) is 0. The van der Waals surface area contributed by atoms with Gasteiger partial charge < -0.3 is 9.47 Å². The summed E-state index contributed by atoms with van der Waals surface area (Å²) in [6.07, 6.45) is -0.580. The van der Waals surface area contributed by atoms with Crippen molar-refractivity contribution in [3.63, 3.8) is 0 Å². The van der Waals surface area contributed by atoms with Crippen molar-refractivity contribution in [1.29, 1.82) is 0 Å². The SMILES string of the molecule is CC(C)COC(=O)OC(C)(C)C(C)(C)C. The van der Waals surface area contributed by atoms with Crippen LogP contribution in [0.2, 0.25) is 0 Å². The highest BCUT2D eigenvalue weighted by molar-refractivity contribution is 5.60. The molecule has 3 heteroatoms. The monoisotopic (exact) mass is 216 g/mol. The van der Waals surface area contributed by atoms with E-state index in [0.29, 0.717) is 12.5 Å². The van der Waals surface area contributed by atoms with Gasteiger partial charge in [0.25, 0.3) is 0 Å². The van der Waals surface area contributed by atoms with E-state index in [1.54, 1.807) is 0 Å². The molecule has 0 heterocycles. The van der Waals surface area contributed by atoms with E-state index in [0.717, 1.165) is 0 Å². The fraction of sp³-hybridized carbons (Fsp3) is 0.917. The van der Waals surface area contributed by atoms with Gasteiger partial charge in [0.2, 0.25) is 0 Å². The number of rotatable bonds is 3. The predicted octanol–water partition coefficient (Wildman–Crippen LogP) is 3.62. The molecule has 3 nitrogen and oxygen atoms in total. The standard InChI is InChI=1S/C12H24O3/c1-9(2)8-14-10(13)15-12(6,7)11(3,4)5/h9H,8H2,1-7H3. The molecule has 0 aromatic rings. The Labute approximate surface area is 93.1 Å². The van der Waals surface area contributed by atoms with Gasteiger partial charge in [0, 0.05) is 5.41 Å². The zero-order chi connectivity index (χ0) is 12.3. The minimum absolute atomic E-state index is 0.107. The summed E-state index contributed by atoms with van der Waals surface area (Å²) in [5, 5.41) is 0. The molecule has 0 N–H and O–H groups in total. The van der Waals surface area contributed by atoms with Crippen LogP contribution in [-0.2, 0) is 9.47 Å². The van der Waals surface area contributed by atoms with Crippen LogP contribution in [0.25, 0.3) is 0 Å². The smallest absolute Gasteiger partial charge is 0.434 e. The Balaban J connectivity index is 4.17. The Kier molecular flexibility index (Phi) is 4.63. The van der Waals surface area contributed by atoms with Crippen molar-refractivity contribution < 1.29 is 14.3 Å². The Morgan fingerprint density at radius 1 is 1.13 bits per heavy atom. The van der Waals surface area contributed by atoms with E-state index in [9.17, 15) is 4.79 Å². The van der Waals surface area contributed by atoms with Gasteiger partial charge in [-0.2, -0.15) is 0 Å². The minimum atomic E-state index is -0.580. The molecule has 0 spiro atoms. The van der Waals surface area contributed by atoms with Crippen LogP contribution in [-0.4, -0.2) is 18.4 Å². The van der Waals surface area contributed by atoms with Crippen molar-refractivity contribution in [2.45, 2.75) is 54.1 Å². The molecule has 15 heavy (non-hydrogen) atoms. The maximum Gasteiger partial charge on any atom is 0.508 e. The molecule has 0 aromatic carbocycles. The summed E-state index contributed by atoms with van der Waals surface area (Å²) in [7, 11) is 0. The van der Waals surface area contributed by atoms with Gasteiger partial charge in [-0.15, -0.1) is 0 Å². The number of carbonyl (C=O) groups is 1. The molecular weight excluding hydrogens is 192 g/mol. The molecule has 90 valence electrons. The van der Waals surface area contributed by atoms with Crippen LogP contribution in [0.5, 0.6) is 0 Å². The first kappa shape index (κ1) is 14.3. The zero-order valence-corrected chi connectivity index (χ0v) is 11.0. The van der Waals surface area contributed by atoms with Crippen LogP contribution in [0.4, 0.5) is 4.79 Å². The van der Waals surface area contributed by atoms with E-state index in [4.69, 9.17) is 9.47 Å². The van der Waals surface area contributed by atoms with Crippen LogP contribution in [0.3, 0.4) is 0 Å². The Hall–Kier alpha value is -0.730. The number of ether oxygens (including phenoxy) is 2. The first-order valence-electron chi connectivity index (χ1n) is 5.42. The number of carbonyl (C=O) groups excluding carboxylic acids is 1. The fourth-order valence-corrected chi connectivity index (χ4v) is 0.626. The second-order valence-corrected chi connectivity index (χ2v) is 5.82. The third kappa shape index (κ3) is 5.05. The first-order valence-corrected chi connectivity index (χ1v) is 5.42. The van der Waals surface area contributed by atoms with E-state index in [1.807, 2.05) is 48.5 Å². The molecule has 0 unspecified atom stereocenters. The maximum atomic E-state index is 11.4. The Morgan fingerprint density at radius 3 is 1.93 bits per heavy atom. The minimum Gasteiger partial charge on any atom is -0.434 e. The molecule has 0 aliphatic carbocycles. The molecule has 0 bridgehead atoms. The summed E-state index contributed by atoms with van der Waals surface area (Å²) in [5.41, 5.74) is -0.634. The van der Waals surface area contributed by atoms with Crippen LogP contribution in [0.15, 0.2) is 0 Å². The molecule has 0 rings (SSSR count). The molecule has 0 saturated carbocycles. The Morgan fingerprint density at radius 2 is 1.60 bits per heavy atom. The van der Waals surface area contributed by atoms with Gasteiger partial charge in [-0.25, -0.2) is 4.79 Å². The molecule has 0 fully saturated rings. The lowest BCUT2D eigenvalue weighted by molar-refractivity contribution is -0.0738. The van der Waals surface area contributed by atoms with Crippen molar-refractivity contribution >= 4 is 6.16 Å². The van der Waals surface area contributed by atoms with Crippen molar-refractivity contribution in [1.82, 2.24) is 0 Å². The van der Waals surface area contributed by atoms with Crippen LogP contribution < -0.4 is 0 Å². The lowest BCUT2D eigenvalue weighted by Gasteiger charge is -2.37. The van der Waals surface area contributed by atoms with Gasteiger partial charge in [0.05, 0.1) is 6.61 Å². The molecular formula is C12H24O3. The molecule has 0 atom stereocenters. The molecule has 0 aromatic heterocycles. The number of hydrogen-bond acceptors (Lipinski definition) is 3. The quantitative estimate of drug-likeness (QED) is 0.676. The van der Waals surface area contributed by atoms with Gasteiger partial charge in [0.15, 0.2) is 0 Å². The molecule has 0 radical (unpaired) electrons. The van der Waals surface area contributed by atoms with Crippen LogP contribution in [0.1, 0.15) is 48.5 Å². The topological polar surface area (TPSA) is 35.5 Å². The lowest BCUT2D eigenvalue weighted by Crippen LogP contribution is -2.41. The highest BCUT2D eigenvalue weighted by Gasteiger charge is 2.37. The fourth-order valence-electron chi connectivity index (χ4n) is 0.626. The van der Waals surface area contributed by atoms with E-state index in [-0.39, 0.29) is 5.41 Å². The summed E-state index contributed by atoms with van der Waals surface area (Å²) < 4.78 is 10.3. The highest BCUT2D eigenvalue weighted by atomic mass is 16.7. The number of hydrogen-bond donors (Lipinski definition) is 0. The second kappa shape index (κ2) is 4.86. The highest BCUT2D eigenvalue weighted by Crippen LogP contribution is 2.33. The molecule has 0 amide bonds. The van der Waals surface area contributed by atoms with Crippen LogP contribution in [0, 0.1) is 11.3 Å². The summed E-state index contributed by atoms with van der Waals surface area (Å²) in [5.74, 6) is 0.329. The molecule has 0 aliphatic heterocycles. The average molecular weight is 216 g/mol. The van der Waals surface area contributed by atoms with Crippen molar-refractivity contribution in [2.75, 3.05) is 6.61 Å². The lowest BCUT2D eigenvalue weighted by atomic mass is 9.79. The third-order valence-electron chi connectivity index (χ3n) is 2.68. The zero-order valence-electron chi connectivity index (χ0n) is 11.0. The summed E-state index contributed by atoms with van der Waals surface area (Å²) in [6.45, 7) is 14.3. The van der Waals surface area contributed by atoms with Gasteiger partial charge >= 0.3 is 6.16 Å². The third-order valence-corrected chi connectivity index (χ3v) is 2.68. The van der Waals surface area contributed by atoms with E-state index < -0.39 is 11.8 Å². The van der Waals surface area contributed by atoms with Gasteiger partial charge in [-0.3, -0.25) is 0 Å². The van der Waals surface area contributed by atoms with Gasteiger partial charge in [0.1, 0.15) is 5.60 Å². The van der Waals surface area contributed by atoms with E-state index >= 15 is 0 Å². The van der Waals surface area contributed by atoms with Crippen molar-refractivity contribution in [2.24, 2.45) is 11.3 Å². The Bertz CT molecular complexity index is 211. The largest absolute Gasteiger partial charge is 0.508 e. The molecule has 0 aliphatic rings. The summed E-state index contributed by atoms with van der Waals surface area (Å²) >= 11 is 0. The predicted molar refractivity (Wildman–Crippen MR) is 60.8 cm³/mol.